The molecule has 0 atom stereocenters. The maximum Gasteiger partial charge on any atom is 0.193 e. The standard InChI is InChI=1S/C19H18N6O2S.CH4O/c1-9-21-13-6-11-5-12(7-14(26-3)17(11)27-4)22-19-16(13)25(9)24-18(23-19)15-8-20-10(2)28-15;1-2/h5,7-8H,6H2,1-4H3,(H,22,23,24);2H,1H3. The highest BCUT2D eigenvalue weighted by molar-refractivity contribution is 7.14. The Labute approximate surface area is 177 Å². The van der Waals surface area contributed by atoms with Crippen LogP contribution in [-0.4, -0.2) is 51.0 Å². The number of nitrogens with one attached hydrogen (secondary N) is 1. The molecular weight excluding hydrogens is 404 g/mol. The molecule has 4 heterocycles. The third kappa shape index (κ3) is 3.23. The maximum atomic E-state index is 7.00. The SMILES string of the molecule is CO.COc1cc2cc(c1OC)Cc1nc(C)n3nc(-c4cnc(C)s4)nc(c13)N2. The number of hydrogen-bond donors (Lipinski definition) is 2. The van der Waals surface area contributed by atoms with E-state index in [9.17, 15) is 0 Å². The molecule has 1 aliphatic heterocycles. The summed E-state index contributed by atoms with van der Waals surface area (Å²) in [4.78, 5) is 14.8. The van der Waals surface area contributed by atoms with E-state index in [0.717, 1.165) is 45.3 Å². The molecule has 4 aromatic rings. The van der Waals surface area contributed by atoms with Crippen LogP contribution >= 0.6 is 11.3 Å². The summed E-state index contributed by atoms with van der Waals surface area (Å²) < 4.78 is 13.0. The fourth-order valence-electron chi connectivity index (χ4n) is 3.56. The van der Waals surface area contributed by atoms with Crippen LogP contribution in [0.5, 0.6) is 11.5 Å². The van der Waals surface area contributed by atoms with E-state index >= 15 is 0 Å². The maximum absolute atomic E-state index is 7.00. The number of thiazole rings is 1. The van der Waals surface area contributed by atoms with Gasteiger partial charge < -0.3 is 19.9 Å². The Morgan fingerprint density at radius 1 is 1.13 bits per heavy atom. The summed E-state index contributed by atoms with van der Waals surface area (Å²) >= 11 is 1.57. The van der Waals surface area contributed by atoms with Crippen molar-refractivity contribution in [3.05, 3.63) is 40.4 Å². The molecule has 0 saturated carbocycles. The predicted molar refractivity (Wildman–Crippen MR) is 115 cm³/mol. The van der Waals surface area contributed by atoms with E-state index in [1.807, 2.05) is 30.5 Å². The molecule has 156 valence electrons. The summed E-state index contributed by atoms with van der Waals surface area (Å²) in [5, 5.41) is 16.1. The van der Waals surface area contributed by atoms with E-state index in [0.29, 0.717) is 29.6 Å². The molecule has 0 unspecified atom stereocenters. The number of rotatable bonds is 3. The second-order valence-electron chi connectivity index (χ2n) is 6.57. The van der Waals surface area contributed by atoms with Gasteiger partial charge in [-0.1, -0.05) is 0 Å². The molecule has 3 aromatic heterocycles. The molecule has 30 heavy (non-hydrogen) atoms. The van der Waals surface area contributed by atoms with Gasteiger partial charge in [0.15, 0.2) is 23.1 Å². The number of anilines is 2. The van der Waals surface area contributed by atoms with Gasteiger partial charge in [-0.05, 0) is 19.9 Å². The molecule has 1 aliphatic rings. The van der Waals surface area contributed by atoms with Crippen LogP contribution in [0.4, 0.5) is 11.5 Å². The molecule has 0 amide bonds. The third-order valence-electron chi connectivity index (χ3n) is 4.74. The van der Waals surface area contributed by atoms with Crippen LogP contribution in [0.15, 0.2) is 18.3 Å². The van der Waals surface area contributed by atoms with Crippen molar-refractivity contribution in [1.29, 1.82) is 0 Å². The number of aliphatic hydroxyl groups is 1. The van der Waals surface area contributed by atoms with Crippen molar-refractivity contribution in [2.75, 3.05) is 26.6 Å². The van der Waals surface area contributed by atoms with Gasteiger partial charge in [-0.25, -0.2) is 19.5 Å². The molecule has 2 bridgehead atoms. The van der Waals surface area contributed by atoms with Crippen molar-refractivity contribution in [1.82, 2.24) is 24.6 Å². The first-order valence-electron chi connectivity index (χ1n) is 9.23. The van der Waals surface area contributed by atoms with Gasteiger partial charge in [0, 0.05) is 37.0 Å². The molecule has 0 radical (unpaired) electrons. The lowest BCUT2D eigenvalue weighted by Gasteiger charge is -2.18. The third-order valence-corrected chi connectivity index (χ3v) is 5.65. The van der Waals surface area contributed by atoms with Gasteiger partial charge in [-0.2, -0.15) is 0 Å². The minimum absolute atomic E-state index is 0.599. The van der Waals surface area contributed by atoms with Gasteiger partial charge in [-0.15, -0.1) is 16.4 Å². The summed E-state index contributed by atoms with van der Waals surface area (Å²) in [5.74, 6) is 3.52. The smallest absolute Gasteiger partial charge is 0.193 e. The first-order chi connectivity index (χ1) is 14.6. The van der Waals surface area contributed by atoms with Crippen LogP contribution < -0.4 is 14.8 Å². The van der Waals surface area contributed by atoms with Crippen molar-refractivity contribution < 1.29 is 14.6 Å². The Balaban J connectivity index is 0.00000106. The van der Waals surface area contributed by atoms with E-state index in [1.165, 1.54) is 0 Å². The molecule has 0 fully saturated rings. The molecule has 1 aromatic carbocycles. The van der Waals surface area contributed by atoms with Crippen LogP contribution in [0.25, 0.3) is 16.2 Å². The number of aryl methyl sites for hydroxylation is 2. The van der Waals surface area contributed by atoms with Crippen molar-refractivity contribution in [2.24, 2.45) is 0 Å². The Kier molecular flexibility index (Phi) is 5.27. The van der Waals surface area contributed by atoms with E-state index in [-0.39, 0.29) is 0 Å². The van der Waals surface area contributed by atoms with E-state index in [4.69, 9.17) is 29.6 Å². The molecule has 0 spiro atoms. The number of imidazole rings is 1. The lowest BCUT2D eigenvalue weighted by atomic mass is 10.0. The number of ether oxygens (including phenoxy) is 2. The van der Waals surface area contributed by atoms with Crippen molar-refractivity contribution in [3.63, 3.8) is 0 Å². The van der Waals surface area contributed by atoms with Gasteiger partial charge in [0.05, 0.1) is 29.8 Å². The van der Waals surface area contributed by atoms with Crippen molar-refractivity contribution >= 4 is 28.4 Å². The lowest BCUT2D eigenvalue weighted by Crippen LogP contribution is -2.08. The highest BCUT2D eigenvalue weighted by atomic mass is 32.1. The van der Waals surface area contributed by atoms with Gasteiger partial charge in [0.2, 0.25) is 0 Å². The van der Waals surface area contributed by atoms with Crippen LogP contribution in [-0.2, 0) is 6.42 Å². The van der Waals surface area contributed by atoms with Gasteiger partial charge in [0.25, 0.3) is 0 Å². The quantitative estimate of drug-likeness (QED) is 0.453. The summed E-state index contributed by atoms with van der Waals surface area (Å²) in [7, 11) is 4.28. The van der Waals surface area contributed by atoms with E-state index < -0.39 is 0 Å². The molecule has 10 heteroatoms. The van der Waals surface area contributed by atoms with Crippen LogP contribution in [0.3, 0.4) is 0 Å². The monoisotopic (exact) mass is 426 g/mol. The molecule has 9 nitrogen and oxygen atoms in total. The summed E-state index contributed by atoms with van der Waals surface area (Å²) in [6.07, 6.45) is 2.40. The number of aliphatic hydroxyl groups excluding tert-OH is 1. The summed E-state index contributed by atoms with van der Waals surface area (Å²) in [6, 6.07) is 3.95. The normalized spacial score (nSPS) is 11.8. The Morgan fingerprint density at radius 3 is 2.60 bits per heavy atom. The predicted octanol–water partition coefficient (Wildman–Crippen LogP) is 3.14. The van der Waals surface area contributed by atoms with Gasteiger partial charge in [0.1, 0.15) is 11.3 Å². The molecular formula is C20H22N6O3S. The zero-order valence-electron chi connectivity index (χ0n) is 17.3. The fraction of sp³-hybridized carbons (Fsp3) is 0.300. The Hall–Kier alpha value is -3.24. The highest BCUT2D eigenvalue weighted by Crippen LogP contribution is 2.40. The van der Waals surface area contributed by atoms with Crippen molar-refractivity contribution in [2.45, 2.75) is 20.3 Å². The zero-order valence-corrected chi connectivity index (χ0v) is 18.2. The number of hydrogen-bond acceptors (Lipinski definition) is 9. The highest BCUT2D eigenvalue weighted by Gasteiger charge is 2.24. The average Bonchev–Trinajstić information content (AvgIpc) is 3.31. The second kappa shape index (κ2) is 7.88. The van der Waals surface area contributed by atoms with Gasteiger partial charge in [-0.3, -0.25) is 0 Å². The molecule has 0 aliphatic carbocycles. The van der Waals surface area contributed by atoms with Crippen LogP contribution in [0.2, 0.25) is 0 Å². The fourth-order valence-corrected chi connectivity index (χ4v) is 4.27. The first kappa shape index (κ1) is 20.0. The van der Waals surface area contributed by atoms with Crippen molar-refractivity contribution in [3.8, 4) is 22.2 Å². The molecule has 0 saturated heterocycles. The first-order valence-corrected chi connectivity index (χ1v) is 10.0. The minimum atomic E-state index is 0.599. The number of nitrogens with zero attached hydrogens (tertiary/aromatic N) is 5. The summed E-state index contributed by atoms with van der Waals surface area (Å²) in [6.45, 7) is 3.91. The Bertz CT molecular complexity index is 1230. The zero-order chi connectivity index (χ0) is 21.4. The topological polar surface area (TPSA) is 107 Å². The van der Waals surface area contributed by atoms with Crippen LogP contribution in [0.1, 0.15) is 22.1 Å². The summed E-state index contributed by atoms with van der Waals surface area (Å²) in [5.41, 5.74) is 3.64. The average molecular weight is 427 g/mol. The molecule has 5 rings (SSSR count). The second-order valence-corrected chi connectivity index (χ2v) is 7.80. The van der Waals surface area contributed by atoms with Gasteiger partial charge >= 0.3 is 0 Å². The number of benzene rings is 1. The number of methoxy groups -OCH3 is 2. The molecule has 2 N–H and O–H groups in total. The minimum Gasteiger partial charge on any atom is -0.493 e. The Morgan fingerprint density at radius 2 is 1.93 bits per heavy atom. The number of aromatic nitrogens is 5. The lowest BCUT2D eigenvalue weighted by molar-refractivity contribution is 0.352. The van der Waals surface area contributed by atoms with E-state index in [2.05, 4.69) is 10.3 Å². The number of fused-ring (bicyclic) bond motifs is 2. The van der Waals surface area contributed by atoms with E-state index in [1.54, 1.807) is 31.8 Å². The largest absolute Gasteiger partial charge is 0.493 e. The van der Waals surface area contributed by atoms with Crippen LogP contribution in [0, 0.1) is 13.8 Å².